The highest BCUT2D eigenvalue weighted by Crippen LogP contribution is 2.45. The van der Waals surface area contributed by atoms with E-state index in [1.54, 1.807) is 0 Å². The molecule has 3 heteroatoms. The van der Waals surface area contributed by atoms with Crippen LogP contribution in [0, 0.1) is 0 Å². The van der Waals surface area contributed by atoms with E-state index in [-0.39, 0.29) is 0 Å². The molecule has 210 valence electrons. The van der Waals surface area contributed by atoms with Crippen molar-refractivity contribution in [3.8, 4) is 22.5 Å². The number of fused-ring (bicyclic) bond motifs is 10. The number of aromatic nitrogens is 2. The maximum atomic E-state index is 2.46. The Morgan fingerprint density at radius 2 is 1.00 bits per heavy atom. The second kappa shape index (κ2) is 9.43. The zero-order valence-electron chi connectivity index (χ0n) is 24.3. The van der Waals surface area contributed by atoms with Crippen LogP contribution in [0.1, 0.15) is 0 Å². The first-order valence-corrected chi connectivity index (χ1v) is 16.2. The van der Waals surface area contributed by atoms with Crippen molar-refractivity contribution in [1.29, 1.82) is 0 Å². The van der Waals surface area contributed by atoms with Crippen LogP contribution in [-0.4, -0.2) is 9.13 Å². The van der Waals surface area contributed by atoms with Gasteiger partial charge in [-0.15, -0.1) is 11.3 Å². The number of rotatable bonds is 3. The summed E-state index contributed by atoms with van der Waals surface area (Å²) in [7, 11) is 0. The normalized spacial score (nSPS) is 12.0. The monoisotopic (exact) mass is 590 g/mol. The molecule has 2 nitrogen and oxygen atoms in total. The minimum atomic E-state index is 1.16. The Bertz CT molecular complexity index is 2740. The van der Waals surface area contributed by atoms with Gasteiger partial charge in [0.2, 0.25) is 0 Å². The van der Waals surface area contributed by atoms with E-state index >= 15 is 0 Å². The molecule has 0 atom stereocenters. The van der Waals surface area contributed by atoms with Crippen LogP contribution in [0.5, 0.6) is 0 Å². The van der Waals surface area contributed by atoms with Crippen LogP contribution >= 0.6 is 11.3 Å². The predicted octanol–water partition coefficient (Wildman–Crippen LogP) is 11.9. The topological polar surface area (TPSA) is 9.86 Å². The summed E-state index contributed by atoms with van der Waals surface area (Å²) >= 11 is 1.88. The van der Waals surface area contributed by atoms with Crippen LogP contribution in [0.2, 0.25) is 0 Å². The summed E-state index contributed by atoms with van der Waals surface area (Å²) in [6, 6.07) is 57.6. The van der Waals surface area contributed by atoms with Crippen molar-refractivity contribution < 1.29 is 0 Å². The molecule has 0 fully saturated rings. The molecule has 0 amide bonds. The Kier molecular flexibility index (Phi) is 5.19. The highest BCUT2D eigenvalue weighted by molar-refractivity contribution is 7.26. The highest BCUT2D eigenvalue weighted by atomic mass is 32.1. The molecule has 0 spiro atoms. The van der Waals surface area contributed by atoms with E-state index in [0.717, 1.165) is 5.69 Å². The van der Waals surface area contributed by atoms with Crippen LogP contribution in [0.25, 0.3) is 86.3 Å². The molecule has 3 heterocycles. The van der Waals surface area contributed by atoms with Gasteiger partial charge >= 0.3 is 0 Å². The lowest BCUT2D eigenvalue weighted by Crippen LogP contribution is -1.96. The Hall–Kier alpha value is -5.64. The Balaban J connectivity index is 1.38. The third-order valence-corrected chi connectivity index (χ3v) is 10.4. The zero-order valence-corrected chi connectivity index (χ0v) is 25.1. The number of thiophene rings is 1. The van der Waals surface area contributed by atoms with Gasteiger partial charge in [0.15, 0.2) is 0 Å². The van der Waals surface area contributed by atoms with Gasteiger partial charge < -0.3 is 9.13 Å². The van der Waals surface area contributed by atoms with Crippen molar-refractivity contribution in [3.05, 3.63) is 158 Å². The van der Waals surface area contributed by atoms with E-state index in [1.807, 2.05) is 11.3 Å². The highest BCUT2D eigenvalue weighted by Gasteiger charge is 2.21. The van der Waals surface area contributed by atoms with E-state index in [1.165, 1.54) is 80.6 Å². The summed E-state index contributed by atoms with van der Waals surface area (Å²) in [5.74, 6) is 0. The Labute approximate surface area is 263 Å². The SMILES string of the molecule is c1ccc(-c2cccc(-n3c4ccccc4c4cc5c6c7c(ccc6n(-c6ccccc6)c5cc43)sc3ccccc37)c2)cc1. The largest absolute Gasteiger partial charge is 0.309 e. The minimum absolute atomic E-state index is 1.16. The van der Waals surface area contributed by atoms with Gasteiger partial charge in [-0.05, 0) is 71.8 Å². The van der Waals surface area contributed by atoms with Crippen LogP contribution in [0.4, 0.5) is 0 Å². The fraction of sp³-hybridized carbons (Fsp3) is 0. The van der Waals surface area contributed by atoms with Gasteiger partial charge in [-0.25, -0.2) is 0 Å². The maximum Gasteiger partial charge on any atom is 0.0562 e. The molecule has 0 radical (unpaired) electrons. The summed E-state index contributed by atoms with van der Waals surface area (Å²) < 4.78 is 7.56. The van der Waals surface area contributed by atoms with E-state index in [2.05, 4.69) is 167 Å². The van der Waals surface area contributed by atoms with Gasteiger partial charge in [-0.2, -0.15) is 0 Å². The number of para-hydroxylation sites is 2. The fourth-order valence-electron chi connectivity index (χ4n) is 7.37. The second-order valence-electron chi connectivity index (χ2n) is 11.8. The number of hydrogen-bond acceptors (Lipinski definition) is 1. The Morgan fingerprint density at radius 3 is 1.87 bits per heavy atom. The molecule has 3 aromatic heterocycles. The average molecular weight is 591 g/mol. The lowest BCUT2D eigenvalue weighted by atomic mass is 10.0. The summed E-state index contributed by atoms with van der Waals surface area (Å²) in [5.41, 5.74) is 9.65. The van der Waals surface area contributed by atoms with Crippen molar-refractivity contribution >= 4 is 75.1 Å². The molecule has 7 aromatic carbocycles. The number of nitrogens with zero attached hydrogens (tertiary/aromatic N) is 2. The first-order chi connectivity index (χ1) is 22.3. The lowest BCUT2D eigenvalue weighted by molar-refractivity contribution is 1.17. The van der Waals surface area contributed by atoms with Crippen molar-refractivity contribution in [2.24, 2.45) is 0 Å². The van der Waals surface area contributed by atoms with Gasteiger partial charge in [-0.1, -0.05) is 97.1 Å². The van der Waals surface area contributed by atoms with Crippen LogP contribution in [0.3, 0.4) is 0 Å². The maximum absolute atomic E-state index is 2.46. The molecule has 0 aliphatic carbocycles. The average Bonchev–Trinajstić information content (AvgIpc) is 3.75. The molecular formula is C42H26N2S. The molecule has 0 bridgehead atoms. The molecular weight excluding hydrogens is 565 g/mol. The quantitative estimate of drug-likeness (QED) is 0.194. The van der Waals surface area contributed by atoms with Gasteiger partial charge in [0.25, 0.3) is 0 Å². The predicted molar refractivity (Wildman–Crippen MR) is 193 cm³/mol. The minimum Gasteiger partial charge on any atom is -0.309 e. The van der Waals surface area contributed by atoms with Crippen molar-refractivity contribution in [1.82, 2.24) is 9.13 Å². The second-order valence-corrected chi connectivity index (χ2v) is 12.8. The van der Waals surface area contributed by atoms with Crippen molar-refractivity contribution in [2.45, 2.75) is 0 Å². The standard InChI is InChI=1S/C42H26N2S/c1-3-12-27(13-4-1)28-14-11-17-30(24-28)44-35-20-9-7-18-31(35)33-25-34-38(26-37(33)44)43(29-15-5-2-6-16-29)36-22-23-40-42(41(34)36)32-19-8-10-21-39(32)45-40/h1-26H. The summed E-state index contributed by atoms with van der Waals surface area (Å²) in [6.07, 6.45) is 0. The van der Waals surface area contributed by atoms with Crippen molar-refractivity contribution in [2.75, 3.05) is 0 Å². The van der Waals surface area contributed by atoms with E-state index in [4.69, 9.17) is 0 Å². The van der Waals surface area contributed by atoms with E-state index < -0.39 is 0 Å². The van der Waals surface area contributed by atoms with Crippen molar-refractivity contribution in [3.63, 3.8) is 0 Å². The van der Waals surface area contributed by atoms with Crippen LogP contribution in [-0.2, 0) is 0 Å². The fourth-order valence-corrected chi connectivity index (χ4v) is 8.49. The summed E-state index contributed by atoms with van der Waals surface area (Å²) in [4.78, 5) is 0. The molecule has 0 unspecified atom stereocenters. The van der Waals surface area contributed by atoms with Crippen LogP contribution in [0.15, 0.2) is 158 Å². The van der Waals surface area contributed by atoms with E-state index in [0.29, 0.717) is 0 Å². The molecule has 45 heavy (non-hydrogen) atoms. The van der Waals surface area contributed by atoms with Crippen LogP contribution < -0.4 is 0 Å². The number of benzene rings is 7. The van der Waals surface area contributed by atoms with Gasteiger partial charge in [0.05, 0.1) is 22.1 Å². The zero-order chi connectivity index (χ0) is 29.5. The molecule has 0 aliphatic rings. The summed E-state index contributed by atoms with van der Waals surface area (Å²) in [6.45, 7) is 0. The first-order valence-electron chi connectivity index (χ1n) is 15.4. The third kappa shape index (κ3) is 3.56. The Morgan fingerprint density at radius 1 is 0.333 bits per heavy atom. The third-order valence-electron chi connectivity index (χ3n) is 9.29. The lowest BCUT2D eigenvalue weighted by Gasteiger charge is -2.11. The molecule has 10 rings (SSSR count). The smallest absolute Gasteiger partial charge is 0.0562 e. The molecule has 0 aliphatic heterocycles. The molecule has 0 saturated heterocycles. The van der Waals surface area contributed by atoms with Gasteiger partial charge in [0.1, 0.15) is 0 Å². The van der Waals surface area contributed by atoms with Gasteiger partial charge in [-0.3, -0.25) is 0 Å². The molecule has 0 N–H and O–H groups in total. The first kappa shape index (κ1) is 24.8. The van der Waals surface area contributed by atoms with E-state index in [9.17, 15) is 0 Å². The molecule has 0 saturated carbocycles. The summed E-state index contributed by atoms with van der Waals surface area (Å²) in [5, 5.41) is 7.83. The number of hydrogen-bond donors (Lipinski definition) is 0. The van der Waals surface area contributed by atoms with Gasteiger partial charge in [0, 0.05) is 53.1 Å². The molecule has 10 aromatic rings.